The third-order valence-corrected chi connectivity index (χ3v) is 5.71. The van der Waals surface area contributed by atoms with Gasteiger partial charge in [0.1, 0.15) is 16.9 Å². The number of hydrogen-bond acceptors (Lipinski definition) is 7. The number of anilines is 1. The molecule has 6 rings (SSSR count). The number of nitrogens with zero attached hydrogens (tertiary/aromatic N) is 5. The standard InChI is InChI=1S/C21H13FN8S/c22-17-16-14(8-26-18(17)11-3-12(23)5-24-4-11)29-30-20(16)21-27-15-7-25-6-13(19(15)28-21)10-1-2-31-9-10/h1-9H,23H2,(H,27,28)(H,29,30). The summed E-state index contributed by atoms with van der Waals surface area (Å²) in [4.78, 5) is 20.5. The van der Waals surface area contributed by atoms with Crippen molar-refractivity contribution in [2.45, 2.75) is 0 Å². The van der Waals surface area contributed by atoms with Crippen LogP contribution in [0.4, 0.5) is 10.1 Å². The summed E-state index contributed by atoms with van der Waals surface area (Å²) in [5, 5.41) is 11.5. The first kappa shape index (κ1) is 17.7. The molecule has 6 aromatic rings. The number of rotatable bonds is 3. The number of H-pyrrole nitrogens is 2. The molecule has 6 aromatic heterocycles. The van der Waals surface area contributed by atoms with Crippen LogP contribution in [0.5, 0.6) is 0 Å². The van der Waals surface area contributed by atoms with Crippen molar-refractivity contribution in [3.05, 3.63) is 59.7 Å². The van der Waals surface area contributed by atoms with E-state index in [-0.39, 0.29) is 11.1 Å². The van der Waals surface area contributed by atoms with E-state index in [1.54, 1.807) is 29.8 Å². The lowest BCUT2D eigenvalue weighted by Crippen LogP contribution is -1.94. The van der Waals surface area contributed by atoms with Crippen LogP contribution in [0.25, 0.3) is 55.8 Å². The van der Waals surface area contributed by atoms with Crippen molar-refractivity contribution < 1.29 is 4.39 Å². The predicted molar refractivity (Wildman–Crippen MR) is 118 cm³/mol. The highest BCUT2D eigenvalue weighted by molar-refractivity contribution is 7.08. The van der Waals surface area contributed by atoms with Gasteiger partial charge in [0, 0.05) is 29.7 Å². The molecule has 0 spiro atoms. The molecule has 31 heavy (non-hydrogen) atoms. The Labute approximate surface area is 178 Å². The number of aromatic nitrogens is 7. The summed E-state index contributed by atoms with van der Waals surface area (Å²) in [6, 6.07) is 3.64. The van der Waals surface area contributed by atoms with Gasteiger partial charge in [-0.3, -0.25) is 20.1 Å². The van der Waals surface area contributed by atoms with E-state index < -0.39 is 5.82 Å². The van der Waals surface area contributed by atoms with Gasteiger partial charge in [-0.05, 0) is 28.5 Å². The summed E-state index contributed by atoms with van der Waals surface area (Å²) in [6.07, 6.45) is 8.02. The Morgan fingerprint density at radius 3 is 2.71 bits per heavy atom. The monoisotopic (exact) mass is 428 g/mol. The van der Waals surface area contributed by atoms with E-state index in [4.69, 9.17) is 10.7 Å². The van der Waals surface area contributed by atoms with Crippen molar-refractivity contribution in [1.82, 2.24) is 35.1 Å². The first-order valence-electron chi connectivity index (χ1n) is 9.29. The first-order valence-corrected chi connectivity index (χ1v) is 10.2. The van der Waals surface area contributed by atoms with Crippen molar-refractivity contribution in [3.63, 3.8) is 0 Å². The number of nitrogen functional groups attached to an aromatic ring is 1. The SMILES string of the molecule is Nc1cncc(-c2ncc3[nH]nc(-c4nc5c(-c6ccsc6)cncc5[nH]4)c3c2F)c1. The molecule has 4 N–H and O–H groups in total. The zero-order valence-corrected chi connectivity index (χ0v) is 16.6. The highest BCUT2D eigenvalue weighted by atomic mass is 32.1. The van der Waals surface area contributed by atoms with E-state index >= 15 is 4.39 Å². The normalized spacial score (nSPS) is 11.5. The van der Waals surface area contributed by atoms with Crippen LogP contribution in [0.15, 0.2) is 53.9 Å². The third-order valence-electron chi connectivity index (χ3n) is 5.03. The number of aromatic amines is 2. The highest BCUT2D eigenvalue weighted by Crippen LogP contribution is 2.34. The van der Waals surface area contributed by atoms with Gasteiger partial charge in [0.25, 0.3) is 0 Å². The molecule has 0 atom stereocenters. The molecule has 0 unspecified atom stereocenters. The maximum absolute atomic E-state index is 15.6. The quantitative estimate of drug-likeness (QED) is 0.384. The molecule has 0 aromatic carbocycles. The topological polar surface area (TPSA) is 122 Å². The van der Waals surface area contributed by atoms with Crippen molar-refractivity contribution in [3.8, 4) is 33.9 Å². The average Bonchev–Trinajstić information content (AvgIpc) is 3.52. The Morgan fingerprint density at radius 1 is 0.968 bits per heavy atom. The van der Waals surface area contributed by atoms with Gasteiger partial charge < -0.3 is 10.7 Å². The van der Waals surface area contributed by atoms with Gasteiger partial charge in [0.15, 0.2) is 11.6 Å². The number of fused-ring (bicyclic) bond motifs is 2. The minimum Gasteiger partial charge on any atom is -0.397 e. The molecular weight excluding hydrogens is 415 g/mol. The lowest BCUT2D eigenvalue weighted by atomic mass is 10.1. The Bertz CT molecular complexity index is 1570. The molecular formula is C21H13FN8S. The number of halogens is 1. The van der Waals surface area contributed by atoms with Gasteiger partial charge in [-0.15, -0.1) is 0 Å². The van der Waals surface area contributed by atoms with Gasteiger partial charge in [0.05, 0.1) is 34.5 Å². The molecule has 0 aliphatic rings. The molecule has 0 saturated carbocycles. The number of nitrogens with one attached hydrogen (secondary N) is 2. The maximum Gasteiger partial charge on any atom is 0.161 e. The lowest BCUT2D eigenvalue weighted by molar-refractivity contribution is 0.638. The molecule has 10 heteroatoms. The van der Waals surface area contributed by atoms with Crippen LogP contribution in [0.3, 0.4) is 0 Å². The number of pyridine rings is 3. The van der Waals surface area contributed by atoms with Gasteiger partial charge in [0.2, 0.25) is 0 Å². The van der Waals surface area contributed by atoms with Crippen molar-refractivity contribution in [2.24, 2.45) is 0 Å². The van der Waals surface area contributed by atoms with E-state index in [0.29, 0.717) is 28.3 Å². The summed E-state index contributed by atoms with van der Waals surface area (Å²) in [5.41, 5.74) is 11.1. The van der Waals surface area contributed by atoms with Crippen LogP contribution in [0.1, 0.15) is 0 Å². The smallest absolute Gasteiger partial charge is 0.161 e. The summed E-state index contributed by atoms with van der Waals surface area (Å²) in [7, 11) is 0. The molecule has 0 bridgehead atoms. The molecule has 0 aliphatic carbocycles. The number of hydrogen-bond donors (Lipinski definition) is 3. The van der Waals surface area contributed by atoms with Crippen LogP contribution in [-0.4, -0.2) is 35.1 Å². The third kappa shape index (κ3) is 2.76. The fourth-order valence-corrected chi connectivity index (χ4v) is 4.27. The van der Waals surface area contributed by atoms with E-state index in [1.165, 1.54) is 18.6 Å². The first-order chi connectivity index (χ1) is 15.2. The molecule has 0 fully saturated rings. The zero-order valence-electron chi connectivity index (χ0n) is 15.8. The Kier molecular flexibility index (Phi) is 3.80. The van der Waals surface area contributed by atoms with E-state index in [9.17, 15) is 0 Å². The largest absolute Gasteiger partial charge is 0.397 e. The molecule has 6 heterocycles. The van der Waals surface area contributed by atoms with E-state index in [0.717, 1.165) is 22.2 Å². The Balaban J connectivity index is 1.56. The van der Waals surface area contributed by atoms with Crippen LogP contribution in [0.2, 0.25) is 0 Å². The van der Waals surface area contributed by atoms with E-state index in [1.807, 2.05) is 16.8 Å². The number of imidazole rings is 1. The summed E-state index contributed by atoms with van der Waals surface area (Å²) in [6.45, 7) is 0. The van der Waals surface area contributed by atoms with Crippen LogP contribution < -0.4 is 5.73 Å². The summed E-state index contributed by atoms with van der Waals surface area (Å²) in [5.74, 6) is -0.0854. The van der Waals surface area contributed by atoms with Gasteiger partial charge in [-0.1, -0.05) is 0 Å². The second kappa shape index (κ2) is 6.67. The van der Waals surface area contributed by atoms with Crippen molar-refractivity contribution >= 4 is 39.0 Å². The minimum atomic E-state index is -0.523. The fraction of sp³-hybridized carbons (Fsp3) is 0. The number of thiophene rings is 1. The zero-order chi connectivity index (χ0) is 20.9. The molecule has 0 radical (unpaired) electrons. The fourth-order valence-electron chi connectivity index (χ4n) is 3.61. The van der Waals surface area contributed by atoms with Crippen LogP contribution in [-0.2, 0) is 0 Å². The Morgan fingerprint density at radius 2 is 1.87 bits per heavy atom. The average molecular weight is 428 g/mol. The summed E-state index contributed by atoms with van der Waals surface area (Å²) >= 11 is 1.60. The van der Waals surface area contributed by atoms with Gasteiger partial charge in [-0.2, -0.15) is 16.4 Å². The second-order valence-electron chi connectivity index (χ2n) is 6.97. The van der Waals surface area contributed by atoms with Crippen molar-refractivity contribution in [2.75, 3.05) is 5.73 Å². The van der Waals surface area contributed by atoms with Crippen molar-refractivity contribution in [1.29, 1.82) is 0 Å². The van der Waals surface area contributed by atoms with E-state index in [2.05, 4.69) is 30.1 Å². The molecule has 0 aliphatic heterocycles. The second-order valence-corrected chi connectivity index (χ2v) is 7.75. The minimum absolute atomic E-state index is 0.145. The molecule has 150 valence electrons. The molecule has 0 saturated heterocycles. The van der Waals surface area contributed by atoms with Crippen LogP contribution >= 0.6 is 11.3 Å². The summed E-state index contributed by atoms with van der Waals surface area (Å²) < 4.78 is 15.6. The molecule has 0 amide bonds. The maximum atomic E-state index is 15.6. The lowest BCUT2D eigenvalue weighted by Gasteiger charge is -2.04. The number of nitrogens with two attached hydrogens (primary N) is 1. The van der Waals surface area contributed by atoms with Gasteiger partial charge in [-0.25, -0.2) is 9.37 Å². The predicted octanol–water partition coefficient (Wildman–Crippen LogP) is 4.41. The molecule has 8 nitrogen and oxygen atoms in total. The highest BCUT2D eigenvalue weighted by Gasteiger charge is 2.21. The van der Waals surface area contributed by atoms with Crippen LogP contribution in [0, 0.1) is 5.82 Å². The van der Waals surface area contributed by atoms with Gasteiger partial charge >= 0.3 is 0 Å². The Hall–Kier alpha value is -4.18.